The van der Waals surface area contributed by atoms with Crippen molar-refractivity contribution in [2.24, 2.45) is 0 Å². The minimum absolute atomic E-state index is 0.0851. The number of alkyl halides is 3. The van der Waals surface area contributed by atoms with Crippen molar-refractivity contribution in [3.63, 3.8) is 0 Å². The van der Waals surface area contributed by atoms with Gasteiger partial charge >= 0.3 is 6.18 Å². The van der Waals surface area contributed by atoms with E-state index in [0.29, 0.717) is 6.61 Å². The van der Waals surface area contributed by atoms with Gasteiger partial charge in [-0.3, -0.25) is 0 Å². The fourth-order valence-corrected chi connectivity index (χ4v) is 4.85. The van der Waals surface area contributed by atoms with Crippen LogP contribution in [0.15, 0.2) is 12.3 Å². The largest absolute Gasteiger partial charge is 0.389 e. The molecule has 0 bridgehead atoms. The van der Waals surface area contributed by atoms with Gasteiger partial charge in [0.05, 0.1) is 5.22 Å². The summed E-state index contributed by atoms with van der Waals surface area (Å²) in [5.41, 5.74) is 1.86. The van der Waals surface area contributed by atoms with Crippen molar-refractivity contribution in [3.05, 3.63) is 12.3 Å². The van der Waals surface area contributed by atoms with Gasteiger partial charge in [-0.25, -0.2) is 0 Å². The molecule has 1 aliphatic rings. The second kappa shape index (κ2) is 5.14. The first kappa shape index (κ1) is 14.8. The number of ether oxygens (including phenoxy) is 1. The Morgan fingerprint density at radius 2 is 2.00 bits per heavy atom. The standard InChI is InChI=1S/C12H21F3OSi/c1-4-17(2,3)11(7-5-6-10-16-11)8-9-12(13,14)15/h4H,1,5-10H2,2-3H3. The number of halogens is 3. The zero-order chi connectivity index (χ0) is 13.2. The van der Waals surface area contributed by atoms with E-state index >= 15 is 0 Å². The molecular weight excluding hydrogens is 245 g/mol. The van der Waals surface area contributed by atoms with E-state index < -0.39 is 25.9 Å². The van der Waals surface area contributed by atoms with Crippen LogP contribution in [0.25, 0.3) is 0 Å². The highest BCUT2D eigenvalue weighted by Gasteiger charge is 2.48. The Kier molecular flexibility index (Phi) is 4.47. The molecule has 1 heterocycles. The molecule has 0 radical (unpaired) electrons. The number of hydrogen-bond donors (Lipinski definition) is 0. The second-order valence-corrected chi connectivity index (χ2v) is 10.1. The Morgan fingerprint density at radius 1 is 1.35 bits per heavy atom. The Balaban J connectivity index is 2.82. The fourth-order valence-electron chi connectivity index (χ4n) is 2.41. The van der Waals surface area contributed by atoms with Crippen molar-refractivity contribution < 1.29 is 17.9 Å². The second-order valence-electron chi connectivity index (χ2n) is 5.34. The lowest BCUT2D eigenvalue weighted by atomic mass is 10.0. The SMILES string of the molecule is C=C[Si](C)(C)C1(CCC(F)(F)F)CCCCO1. The van der Waals surface area contributed by atoms with Crippen LogP contribution < -0.4 is 0 Å². The smallest absolute Gasteiger partial charge is 0.378 e. The van der Waals surface area contributed by atoms with Crippen LogP contribution in [-0.4, -0.2) is 26.1 Å². The molecule has 0 aromatic heterocycles. The Morgan fingerprint density at radius 3 is 2.41 bits per heavy atom. The van der Waals surface area contributed by atoms with Crippen molar-refractivity contribution in [2.45, 2.75) is 56.6 Å². The molecular formula is C12H21F3OSi. The van der Waals surface area contributed by atoms with Crippen LogP contribution in [0.3, 0.4) is 0 Å². The number of hydrogen-bond acceptors (Lipinski definition) is 1. The average molecular weight is 266 g/mol. The number of rotatable bonds is 4. The van der Waals surface area contributed by atoms with Gasteiger partial charge in [0, 0.05) is 13.0 Å². The van der Waals surface area contributed by atoms with Gasteiger partial charge in [-0.15, -0.1) is 6.58 Å². The van der Waals surface area contributed by atoms with E-state index in [1.165, 1.54) is 0 Å². The normalized spacial score (nSPS) is 26.9. The van der Waals surface area contributed by atoms with Gasteiger partial charge in [0.25, 0.3) is 0 Å². The fraction of sp³-hybridized carbons (Fsp3) is 0.833. The van der Waals surface area contributed by atoms with Crippen LogP contribution in [0.2, 0.25) is 13.1 Å². The van der Waals surface area contributed by atoms with E-state index in [2.05, 4.69) is 6.58 Å². The first-order valence-electron chi connectivity index (χ1n) is 6.07. The van der Waals surface area contributed by atoms with Crippen LogP contribution >= 0.6 is 0 Å². The van der Waals surface area contributed by atoms with Gasteiger partial charge < -0.3 is 4.74 Å². The molecule has 1 rings (SSSR count). The zero-order valence-corrected chi connectivity index (χ0v) is 11.6. The highest BCUT2D eigenvalue weighted by Crippen LogP contribution is 2.40. The summed E-state index contributed by atoms with van der Waals surface area (Å²) >= 11 is 0. The van der Waals surface area contributed by atoms with Crippen LogP contribution in [0.4, 0.5) is 13.2 Å². The predicted octanol–water partition coefficient (Wildman–Crippen LogP) is 4.24. The van der Waals surface area contributed by atoms with Gasteiger partial charge in [0.1, 0.15) is 8.07 Å². The molecule has 100 valence electrons. The Labute approximate surface area is 102 Å². The van der Waals surface area contributed by atoms with Gasteiger partial charge in [0.15, 0.2) is 0 Å². The van der Waals surface area contributed by atoms with E-state index in [0.717, 1.165) is 19.3 Å². The minimum Gasteiger partial charge on any atom is -0.378 e. The molecule has 0 saturated carbocycles. The molecule has 1 nitrogen and oxygen atoms in total. The highest BCUT2D eigenvalue weighted by molar-refractivity contribution is 6.84. The molecule has 1 aliphatic heterocycles. The first-order chi connectivity index (χ1) is 7.72. The molecule has 17 heavy (non-hydrogen) atoms. The summed E-state index contributed by atoms with van der Waals surface area (Å²) in [5, 5.41) is -0.567. The van der Waals surface area contributed by atoms with E-state index in [1.807, 2.05) is 18.8 Å². The maximum Gasteiger partial charge on any atom is 0.389 e. The van der Waals surface area contributed by atoms with Crippen molar-refractivity contribution in [2.75, 3.05) is 6.61 Å². The lowest BCUT2D eigenvalue weighted by molar-refractivity contribution is -0.148. The van der Waals surface area contributed by atoms with E-state index in [4.69, 9.17) is 4.74 Å². The van der Waals surface area contributed by atoms with Gasteiger partial charge in [-0.1, -0.05) is 18.8 Å². The third-order valence-corrected chi connectivity index (χ3v) is 7.86. The van der Waals surface area contributed by atoms with Crippen LogP contribution in [0.5, 0.6) is 0 Å². The Bertz CT molecular complexity index is 267. The topological polar surface area (TPSA) is 9.23 Å². The summed E-state index contributed by atoms with van der Waals surface area (Å²) in [6, 6.07) is 0. The molecule has 0 N–H and O–H groups in total. The van der Waals surface area contributed by atoms with Crippen molar-refractivity contribution >= 4 is 8.07 Å². The molecule has 1 saturated heterocycles. The van der Waals surface area contributed by atoms with Crippen molar-refractivity contribution in [3.8, 4) is 0 Å². The molecule has 0 spiro atoms. The minimum atomic E-state index is -4.10. The molecule has 5 heteroatoms. The van der Waals surface area contributed by atoms with E-state index in [1.54, 1.807) is 0 Å². The summed E-state index contributed by atoms with van der Waals surface area (Å²) in [5.74, 6) is 0. The van der Waals surface area contributed by atoms with E-state index in [9.17, 15) is 13.2 Å². The third-order valence-electron chi connectivity index (χ3n) is 3.85. The predicted molar refractivity (Wildman–Crippen MR) is 65.5 cm³/mol. The molecule has 1 fully saturated rings. The highest BCUT2D eigenvalue weighted by atomic mass is 28.3. The molecule has 1 unspecified atom stereocenters. The van der Waals surface area contributed by atoms with E-state index in [-0.39, 0.29) is 6.42 Å². The van der Waals surface area contributed by atoms with Gasteiger partial charge in [0.2, 0.25) is 0 Å². The molecule has 0 aromatic carbocycles. The Hall–Kier alpha value is -0.293. The summed E-state index contributed by atoms with van der Waals surface area (Å²) in [6.45, 7) is 8.47. The zero-order valence-electron chi connectivity index (χ0n) is 10.6. The summed E-state index contributed by atoms with van der Waals surface area (Å²) < 4.78 is 43.0. The lowest BCUT2D eigenvalue weighted by Crippen LogP contribution is -2.57. The third kappa shape index (κ3) is 3.58. The monoisotopic (exact) mass is 266 g/mol. The molecule has 0 amide bonds. The van der Waals surface area contributed by atoms with Crippen LogP contribution in [0.1, 0.15) is 32.1 Å². The van der Waals surface area contributed by atoms with Crippen LogP contribution in [-0.2, 0) is 4.74 Å². The summed E-state index contributed by atoms with van der Waals surface area (Å²) in [6.07, 6.45) is -2.11. The summed E-state index contributed by atoms with van der Waals surface area (Å²) in [7, 11) is -1.98. The maximum atomic E-state index is 12.4. The average Bonchev–Trinajstić information content (AvgIpc) is 2.26. The first-order valence-corrected chi connectivity index (χ1v) is 9.14. The lowest BCUT2D eigenvalue weighted by Gasteiger charge is -2.46. The van der Waals surface area contributed by atoms with Gasteiger partial charge in [-0.05, 0) is 25.7 Å². The van der Waals surface area contributed by atoms with Gasteiger partial charge in [-0.2, -0.15) is 13.2 Å². The van der Waals surface area contributed by atoms with Crippen molar-refractivity contribution in [1.82, 2.24) is 0 Å². The summed E-state index contributed by atoms with van der Waals surface area (Å²) in [4.78, 5) is 0. The van der Waals surface area contributed by atoms with Crippen LogP contribution in [0, 0.1) is 0 Å². The molecule has 0 aromatic rings. The quantitative estimate of drug-likeness (QED) is 0.691. The molecule has 0 aliphatic carbocycles. The maximum absolute atomic E-state index is 12.4. The molecule has 1 atom stereocenters. The van der Waals surface area contributed by atoms with Crippen molar-refractivity contribution in [1.29, 1.82) is 0 Å².